The molecule has 0 bridgehead atoms. The Morgan fingerprint density at radius 1 is 1.14 bits per heavy atom. The van der Waals surface area contributed by atoms with Gasteiger partial charge in [0.05, 0.1) is 11.5 Å². The van der Waals surface area contributed by atoms with Crippen LogP contribution in [0.15, 0.2) is 24.3 Å². The smallest absolute Gasteiger partial charge is 0.336 e. The highest BCUT2D eigenvalue weighted by molar-refractivity contribution is 5.81. The van der Waals surface area contributed by atoms with E-state index in [1.807, 2.05) is 0 Å². The van der Waals surface area contributed by atoms with Crippen molar-refractivity contribution in [2.75, 3.05) is 13.1 Å². The number of benzene rings is 1. The molecule has 2 fully saturated rings. The van der Waals surface area contributed by atoms with Crippen molar-refractivity contribution in [2.45, 2.75) is 24.8 Å². The van der Waals surface area contributed by atoms with Crippen molar-refractivity contribution in [2.24, 2.45) is 5.92 Å². The van der Waals surface area contributed by atoms with Crippen molar-refractivity contribution in [3.63, 3.8) is 0 Å². The highest BCUT2D eigenvalue weighted by Gasteiger charge is 2.38. The van der Waals surface area contributed by atoms with Crippen molar-refractivity contribution < 1.29 is 18.0 Å². The van der Waals surface area contributed by atoms with E-state index in [-0.39, 0.29) is 17.9 Å². The minimum atomic E-state index is -4.35. The van der Waals surface area contributed by atoms with E-state index in [1.165, 1.54) is 12.1 Å². The Labute approximate surface area is 120 Å². The fourth-order valence-electron chi connectivity index (χ4n) is 2.90. The first-order chi connectivity index (χ1) is 9.95. The van der Waals surface area contributed by atoms with Crippen molar-refractivity contribution in [1.29, 1.82) is 0 Å². The topological polar surface area (TPSA) is 53.2 Å². The van der Waals surface area contributed by atoms with Gasteiger partial charge < -0.3 is 10.6 Å². The first-order valence-electron chi connectivity index (χ1n) is 6.89. The van der Waals surface area contributed by atoms with E-state index < -0.39 is 17.9 Å². The van der Waals surface area contributed by atoms with E-state index in [2.05, 4.69) is 16.0 Å². The third kappa shape index (κ3) is 2.89. The van der Waals surface area contributed by atoms with Gasteiger partial charge >= 0.3 is 6.18 Å². The fraction of sp³-hybridized carbons (Fsp3) is 0.500. The number of rotatable bonds is 1. The summed E-state index contributed by atoms with van der Waals surface area (Å²) in [6.45, 7) is 1.50. The Hall–Kier alpha value is -1.60. The number of fused-ring (bicyclic) bond motifs is 1. The summed E-state index contributed by atoms with van der Waals surface area (Å²) in [4.78, 5) is 12.1. The molecule has 1 amide bonds. The average molecular weight is 299 g/mol. The van der Waals surface area contributed by atoms with Gasteiger partial charge in [0.1, 0.15) is 6.17 Å². The Morgan fingerprint density at radius 3 is 2.52 bits per heavy atom. The van der Waals surface area contributed by atoms with Crippen LogP contribution in [-0.4, -0.2) is 25.0 Å². The van der Waals surface area contributed by atoms with E-state index in [9.17, 15) is 18.0 Å². The Morgan fingerprint density at radius 2 is 1.86 bits per heavy atom. The maximum Gasteiger partial charge on any atom is 0.416 e. The summed E-state index contributed by atoms with van der Waals surface area (Å²) in [7, 11) is 0. The van der Waals surface area contributed by atoms with Gasteiger partial charge in [-0.25, -0.2) is 0 Å². The van der Waals surface area contributed by atoms with Crippen molar-refractivity contribution in [1.82, 2.24) is 16.0 Å². The van der Waals surface area contributed by atoms with Crippen LogP contribution >= 0.6 is 0 Å². The van der Waals surface area contributed by atoms with Crippen LogP contribution in [0.4, 0.5) is 13.2 Å². The van der Waals surface area contributed by atoms with E-state index in [0.29, 0.717) is 12.1 Å². The van der Waals surface area contributed by atoms with Gasteiger partial charge in [-0.05, 0) is 30.7 Å². The number of nitrogens with one attached hydrogen (secondary N) is 3. The van der Waals surface area contributed by atoms with E-state index in [1.54, 1.807) is 0 Å². The predicted molar refractivity (Wildman–Crippen MR) is 70.2 cm³/mol. The molecule has 3 atom stereocenters. The minimum Gasteiger partial charge on any atom is -0.336 e. The number of hydrogen-bond acceptors (Lipinski definition) is 3. The molecule has 2 saturated heterocycles. The summed E-state index contributed by atoms with van der Waals surface area (Å²) in [5.74, 6) is -0.109. The maximum absolute atomic E-state index is 12.6. The third-order valence-electron chi connectivity index (χ3n) is 4.06. The summed E-state index contributed by atoms with van der Waals surface area (Å²) in [6.07, 6.45) is -4.02. The SMILES string of the molecule is O=C1NC(c2ccc(C(F)(F)F)cc2)NC2CNCCC12. The number of piperidine rings is 1. The molecule has 3 N–H and O–H groups in total. The Kier molecular flexibility index (Phi) is 3.62. The number of alkyl halides is 3. The lowest BCUT2D eigenvalue weighted by atomic mass is 9.88. The Bertz CT molecular complexity index is 529. The second kappa shape index (κ2) is 5.31. The van der Waals surface area contributed by atoms with E-state index in [4.69, 9.17) is 0 Å². The third-order valence-corrected chi connectivity index (χ3v) is 4.06. The van der Waals surface area contributed by atoms with Gasteiger partial charge in [-0.15, -0.1) is 0 Å². The molecule has 21 heavy (non-hydrogen) atoms. The minimum absolute atomic E-state index is 0.0137. The molecule has 3 unspecified atom stereocenters. The summed E-state index contributed by atoms with van der Waals surface area (Å²) in [6, 6.07) is 4.89. The van der Waals surface area contributed by atoms with Crippen LogP contribution in [0.2, 0.25) is 0 Å². The fourth-order valence-corrected chi connectivity index (χ4v) is 2.90. The summed E-state index contributed by atoms with van der Waals surface area (Å²) < 4.78 is 37.7. The standard InChI is InChI=1S/C14H16F3N3O/c15-14(16,17)9-3-1-8(2-4-9)12-19-11-7-18-6-5-10(11)13(21)20-12/h1-4,10-12,18-19H,5-7H2,(H,20,21). The molecule has 0 radical (unpaired) electrons. The molecular weight excluding hydrogens is 283 g/mol. The molecule has 3 rings (SSSR count). The number of halogens is 3. The van der Waals surface area contributed by atoms with Crippen LogP contribution < -0.4 is 16.0 Å². The first kappa shape index (κ1) is 14.3. The van der Waals surface area contributed by atoms with Gasteiger partial charge in [0.15, 0.2) is 0 Å². The highest BCUT2D eigenvalue weighted by atomic mass is 19.4. The molecule has 1 aromatic carbocycles. The van der Waals surface area contributed by atoms with Gasteiger partial charge in [0.25, 0.3) is 0 Å². The lowest BCUT2D eigenvalue weighted by Gasteiger charge is -2.40. The monoisotopic (exact) mass is 299 g/mol. The quantitative estimate of drug-likeness (QED) is 0.735. The summed E-state index contributed by atoms with van der Waals surface area (Å²) >= 11 is 0. The van der Waals surface area contributed by atoms with Crippen molar-refractivity contribution >= 4 is 5.91 Å². The zero-order valence-electron chi connectivity index (χ0n) is 11.2. The molecule has 0 aliphatic carbocycles. The lowest BCUT2D eigenvalue weighted by Crippen LogP contribution is -2.62. The second-order valence-electron chi connectivity index (χ2n) is 5.43. The largest absolute Gasteiger partial charge is 0.416 e. The van der Waals surface area contributed by atoms with Gasteiger partial charge in [0, 0.05) is 12.6 Å². The van der Waals surface area contributed by atoms with E-state index in [0.717, 1.165) is 25.1 Å². The van der Waals surface area contributed by atoms with Gasteiger partial charge in [-0.2, -0.15) is 13.2 Å². The number of hydrogen-bond donors (Lipinski definition) is 3. The van der Waals surface area contributed by atoms with Crippen molar-refractivity contribution in [3.8, 4) is 0 Å². The lowest BCUT2D eigenvalue weighted by molar-refractivity contribution is -0.137. The normalized spacial score (nSPS) is 29.7. The van der Waals surface area contributed by atoms with Gasteiger partial charge in [-0.1, -0.05) is 12.1 Å². The number of carbonyl (C=O) groups excluding carboxylic acids is 1. The molecule has 2 heterocycles. The maximum atomic E-state index is 12.6. The van der Waals surface area contributed by atoms with Crippen LogP contribution in [0.5, 0.6) is 0 Å². The molecular formula is C14H16F3N3O. The molecule has 0 aromatic heterocycles. The van der Waals surface area contributed by atoms with Crippen LogP contribution in [-0.2, 0) is 11.0 Å². The molecule has 2 aliphatic heterocycles. The summed E-state index contributed by atoms with van der Waals surface area (Å²) in [5.41, 5.74) is -0.0639. The number of carbonyl (C=O) groups is 1. The summed E-state index contributed by atoms with van der Waals surface area (Å²) in [5, 5.41) is 9.33. The molecule has 0 spiro atoms. The zero-order valence-corrected chi connectivity index (χ0v) is 11.2. The van der Waals surface area contributed by atoms with Gasteiger partial charge in [0.2, 0.25) is 5.91 Å². The van der Waals surface area contributed by atoms with E-state index >= 15 is 0 Å². The molecule has 2 aliphatic rings. The number of amides is 1. The second-order valence-corrected chi connectivity index (χ2v) is 5.43. The average Bonchev–Trinajstić information content (AvgIpc) is 2.46. The van der Waals surface area contributed by atoms with Crippen LogP contribution in [0, 0.1) is 5.92 Å². The van der Waals surface area contributed by atoms with Crippen LogP contribution in [0.1, 0.15) is 23.7 Å². The predicted octanol–water partition coefficient (Wildman–Crippen LogP) is 1.40. The molecule has 0 saturated carbocycles. The van der Waals surface area contributed by atoms with Crippen LogP contribution in [0.25, 0.3) is 0 Å². The molecule has 7 heteroatoms. The Balaban J connectivity index is 1.76. The van der Waals surface area contributed by atoms with Crippen LogP contribution in [0.3, 0.4) is 0 Å². The molecule has 1 aromatic rings. The molecule has 114 valence electrons. The zero-order chi connectivity index (χ0) is 15.0. The highest BCUT2D eigenvalue weighted by Crippen LogP contribution is 2.30. The van der Waals surface area contributed by atoms with Gasteiger partial charge in [-0.3, -0.25) is 10.1 Å². The first-order valence-corrected chi connectivity index (χ1v) is 6.89. The van der Waals surface area contributed by atoms with Crippen molar-refractivity contribution in [3.05, 3.63) is 35.4 Å². The molecule has 4 nitrogen and oxygen atoms in total.